The third kappa shape index (κ3) is 4.84. The van der Waals surface area contributed by atoms with Crippen LogP contribution in [0.1, 0.15) is 5.56 Å². The highest BCUT2D eigenvalue weighted by molar-refractivity contribution is 9.10. The quantitative estimate of drug-likeness (QED) is 0.890. The van der Waals surface area contributed by atoms with Crippen LogP contribution in [0.15, 0.2) is 22.7 Å². The molecule has 3 nitrogen and oxygen atoms in total. The fourth-order valence-corrected chi connectivity index (χ4v) is 2.69. The van der Waals surface area contributed by atoms with Gasteiger partial charge in [-0.3, -0.25) is 4.90 Å². The van der Waals surface area contributed by atoms with Crippen molar-refractivity contribution >= 4 is 15.9 Å². The van der Waals surface area contributed by atoms with Crippen LogP contribution in [0, 0.1) is 5.82 Å². The zero-order valence-electron chi connectivity index (χ0n) is 11.3. The molecule has 1 fully saturated rings. The first-order valence-electron chi connectivity index (χ1n) is 6.71. The van der Waals surface area contributed by atoms with Crippen molar-refractivity contribution in [1.29, 1.82) is 0 Å². The van der Waals surface area contributed by atoms with Crippen molar-refractivity contribution in [2.24, 2.45) is 0 Å². The van der Waals surface area contributed by atoms with E-state index in [0.29, 0.717) is 6.54 Å². The van der Waals surface area contributed by atoms with E-state index in [1.54, 1.807) is 6.07 Å². The Bertz CT molecular complexity index is 408. The highest BCUT2D eigenvalue weighted by atomic mass is 79.9. The summed E-state index contributed by atoms with van der Waals surface area (Å²) in [6, 6.07) is 5.11. The van der Waals surface area contributed by atoms with Crippen LogP contribution in [0.25, 0.3) is 0 Å². The molecule has 0 aromatic heterocycles. The molecule has 0 aliphatic carbocycles. The van der Waals surface area contributed by atoms with E-state index in [1.165, 1.54) is 6.07 Å². The van der Waals surface area contributed by atoms with Crippen molar-refractivity contribution in [3.05, 3.63) is 34.1 Å². The van der Waals surface area contributed by atoms with Crippen LogP contribution in [0.2, 0.25) is 0 Å². The van der Waals surface area contributed by atoms with Gasteiger partial charge in [0.2, 0.25) is 0 Å². The topological polar surface area (TPSA) is 18.5 Å². The summed E-state index contributed by atoms with van der Waals surface area (Å²) in [5, 5.41) is 3.35. The van der Waals surface area contributed by atoms with Crippen LogP contribution < -0.4 is 5.32 Å². The van der Waals surface area contributed by atoms with E-state index in [1.807, 2.05) is 13.1 Å². The van der Waals surface area contributed by atoms with E-state index < -0.39 is 0 Å². The van der Waals surface area contributed by atoms with Gasteiger partial charge in [0, 0.05) is 55.8 Å². The van der Waals surface area contributed by atoms with Gasteiger partial charge in [-0.25, -0.2) is 4.39 Å². The Morgan fingerprint density at radius 1 is 1.37 bits per heavy atom. The van der Waals surface area contributed by atoms with Crippen LogP contribution in [0.4, 0.5) is 4.39 Å². The number of hydrogen-bond acceptors (Lipinski definition) is 3. The molecule has 1 aliphatic rings. The summed E-state index contributed by atoms with van der Waals surface area (Å²) < 4.78 is 14.6. The Morgan fingerprint density at radius 3 is 2.84 bits per heavy atom. The maximum Gasteiger partial charge on any atom is 0.127 e. The summed E-state index contributed by atoms with van der Waals surface area (Å²) in [7, 11) is 2.04. The molecule has 0 unspecified atom stereocenters. The fourth-order valence-electron chi connectivity index (χ4n) is 2.28. The SMILES string of the molecule is CN(CCN1CCNCC1)Cc1cc(Br)ccc1F. The number of likely N-dealkylation sites (N-methyl/N-ethyl adjacent to an activating group) is 1. The molecular weight excluding hydrogens is 309 g/mol. The molecule has 0 spiro atoms. The smallest absolute Gasteiger partial charge is 0.127 e. The van der Waals surface area contributed by atoms with Gasteiger partial charge in [-0.2, -0.15) is 0 Å². The van der Waals surface area contributed by atoms with E-state index in [9.17, 15) is 4.39 Å². The van der Waals surface area contributed by atoms with Crippen molar-refractivity contribution in [1.82, 2.24) is 15.1 Å². The Kier molecular flexibility index (Phi) is 5.76. The molecular formula is C14H21BrFN3. The lowest BCUT2D eigenvalue weighted by atomic mass is 10.2. The zero-order valence-corrected chi connectivity index (χ0v) is 12.9. The van der Waals surface area contributed by atoms with Gasteiger partial charge in [-0.1, -0.05) is 15.9 Å². The highest BCUT2D eigenvalue weighted by Crippen LogP contribution is 2.16. The van der Waals surface area contributed by atoms with Crippen molar-refractivity contribution in [2.45, 2.75) is 6.54 Å². The van der Waals surface area contributed by atoms with Crippen molar-refractivity contribution in [3.8, 4) is 0 Å². The second kappa shape index (κ2) is 7.33. The molecule has 1 heterocycles. The fraction of sp³-hybridized carbons (Fsp3) is 0.571. The molecule has 1 aromatic carbocycles. The summed E-state index contributed by atoms with van der Waals surface area (Å²) in [4.78, 5) is 4.62. The molecule has 1 N–H and O–H groups in total. The molecule has 0 atom stereocenters. The number of piperazine rings is 1. The Labute approximate surface area is 122 Å². The second-order valence-electron chi connectivity index (χ2n) is 5.07. The van der Waals surface area contributed by atoms with Crippen LogP contribution in [0.5, 0.6) is 0 Å². The first-order valence-corrected chi connectivity index (χ1v) is 7.50. The molecule has 0 amide bonds. The summed E-state index contributed by atoms with van der Waals surface area (Å²) in [6.45, 7) is 7.03. The average molecular weight is 330 g/mol. The average Bonchev–Trinajstić information content (AvgIpc) is 2.42. The molecule has 5 heteroatoms. The van der Waals surface area contributed by atoms with Gasteiger partial charge in [-0.15, -0.1) is 0 Å². The predicted octanol–water partition coefficient (Wildman–Crippen LogP) is 1.93. The first-order chi connectivity index (χ1) is 9.15. The molecule has 1 aliphatic heterocycles. The van der Waals surface area contributed by atoms with Gasteiger partial charge in [-0.05, 0) is 25.2 Å². The zero-order chi connectivity index (χ0) is 13.7. The molecule has 0 bridgehead atoms. The summed E-state index contributed by atoms with van der Waals surface area (Å²) >= 11 is 3.39. The largest absolute Gasteiger partial charge is 0.314 e. The minimum absolute atomic E-state index is 0.128. The van der Waals surface area contributed by atoms with Crippen LogP contribution in [-0.4, -0.2) is 56.1 Å². The number of nitrogens with zero attached hydrogens (tertiary/aromatic N) is 2. The highest BCUT2D eigenvalue weighted by Gasteiger charge is 2.11. The minimum Gasteiger partial charge on any atom is -0.314 e. The Balaban J connectivity index is 1.80. The molecule has 19 heavy (non-hydrogen) atoms. The molecule has 1 aromatic rings. The number of rotatable bonds is 5. The van der Waals surface area contributed by atoms with Crippen molar-refractivity contribution in [2.75, 3.05) is 46.3 Å². The minimum atomic E-state index is -0.128. The lowest BCUT2D eigenvalue weighted by Gasteiger charge is -2.29. The molecule has 106 valence electrons. The van der Waals surface area contributed by atoms with E-state index in [2.05, 4.69) is 31.0 Å². The van der Waals surface area contributed by atoms with E-state index >= 15 is 0 Å². The van der Waals surface area contributed by atoms with Gasteiger partial charge in [0.05, 0.1) is 0 Å². The van der Waals surface area contributed by atoms with Gasteiger partial charge in [0.1, 0.15) is 5.82 Å². The maximum atomic E-state index is 13.7. The molecule has 1 saturated heterocycles. The van der Waals surface area contributed by atoms with Gasteiger partial charge in [0.25, 0.3) is 0 Å². The number of halogens is 2. The van der Waals surface area contributed by atoms with Gasteiger partial charge >= 0.3 is 0 Å². The molecule has 0 saturated carbocycles. The van der Waals surface area contributed by atoms with Gasteiger partial charge < -0.3 is 10.2 Å². The first kappa shape index (κ1) is 14.9. The second-order valence-corrected chi connectivity index (χ2v) is 5.98. The molecule has 2 rings (SSSR count). The maximum absolute atomic E-state index is 13.7. The van der Waals surface area contributed by atoms with Crippen LogP contribution >= 0.6 is 15.9 Å². The van der Waals surface area contributed by atoms with Crippen molar-refractivity contribution in [3.63, 3.8) is 0 Å². The molecule has 0 radical (unpaired) electrons. The normalized spacial score (nSPS) is 17.1. The lowest BCUT2D eigenvalue weighted by molar-refractivity contribution is 0.201. The number of hydrogen-bond donors (Lipinski definition) is 1. The summed E-state index contributed by atoms with van der Waals surface area (Å²) in [5.74, 6) is -0.128. The standard InChI is InChI=1S/C14H21BrFN3/c1-18(8-9-19-6-4-17-5-7-19)11-12-10-13(15)2-3-14(12)16/h2-3,10,17H,4-9,11H2,1H3. The van der Waals surface area contributed by atoms with Crippen LogP contribution in [-0.2, 0) is 6.54 Å². The van der Waals surface area contributed by atoms with Crippen molar-refractivity contribution < 1.29 is 4.39 Å². The van der Waals surface area contributed by atoms with E-state index in [-0.39, 0.29) is 5.82 Å². The summed E-state index contributed by atoms with van der Waals surface area (Å²) in [5.41, 5.74) is 0.747. The van der Waals surface area contributed by atoms with Crippen LogP contribution in [0.3, 0.4) is 0 Å². The van der Waals surface area contributed by atoms with E-state index in [4.69, 9.17) is 0 Å². The number of benzene rings is 1. The third-order valence-corrected chi connectivity index (χ3v) is 3.95. The third-order valence-electron chi connectivity index (χ3n) is 3.46. The summed E-state index contributed by atoms with van der Waals surface area (Å²) in [6.07, 6.45) is 0. The lowest BCUT2D eigenvalue weighted by Crippen LogP contribution is -2.45. The number of nitrogens with one attached hydrogen (secondary N) is 1. The Morgan fingerprint density at radius 2 is 2.11 bits per heavy atom. The van der Waals surface area contributed by atoms with E-state index in [0.717, 1.165) is 49.3 Å². The monoisotopic (exact) mass is 329 g/mol. The van der Waals surface area contributed by atoms with Gasteiger partial charge in [0.15, 0.2) is 0 Å². The predicted molar refractivity (Wildman–Crippen MR) is 79.7 cm³/mol. The Hall–Kier alpha value is -0.490.